The highest BCUT2D eigenvalue weighted by Crippen LogP contribution is 2.36. The van der Waals surface area contributed by atoms with Crippen LogP contribution in [0.2, 0.25) is 0 Å². The largest absolute Gasteiger partial charge is 0.416 e. The van der Waals surface area contributed by atoms with Crippen LogP contribution < -0.4 is 10.6 Å². The zero-order valence-electron chi connectivity index (χ0n) is 18.9. The number of nitrogens with zero attached hydrogens (tertiary/aromatic N) is 1. The second kappa shape index (κ2) is 8.90. The van der Waals surface area contributed by atoms with Gasteiger partial charge in [-0.1, -0.05) is 59.7 Å². The molecule has 1 fully saturated rings. The fraction of sp³-hybridized carbons (Fsp3) is 0.192. The van der Waals surface area contributed by atoms with Crippen molar-refractivity contribution < 1.29 is 27.6 Å². The number of carbonyl (C=O) groups excluding carboxylic acids is 3. The third-order valence-electron chi connectivity index (χ3n) is 5.87. The molecular formula is C26H22F3N3O3. The highest BCUT2D eigenvalue weighted by Gasteiger charge is 2.54. The van der Waals surface area contributed by atoms with Crippen molar-refractivity contribution >= 4 is 23.5 Å². The standard InChI is InChI=1S/C26H22F3N3O3/c1-16-3-7-18(8-4-16)25(19-9-5-17(2)6-10-19)23(34)32(24(35)31-25)15-22(33)30-21-13-11-20(12-14-21)26(27,28)29/h3-14H,15H2,1-2H3,(H,30,33)(H,31,35). The maximum atomic E-state index is 13.7. The summed E-state index contributed by atoms with van der Waals surface area (Å²) in [5.74, 6) is -1.35. The Balaban J connectivity index is 1.60. The van der Waals surface area contributed by atoms with Gasteiger partial charge < -0.3 is 10.6 Å². The second-order valence-electron chi connectivity index (χ2n) is 8.43. The smallest absolute Gasteiger partial charge is 0.325 e. The quantitative estimate of drug-likeness (QED) is 0.516. The average Bonchev–Trinajstić information content (AvgIpc) is 3.05. The first-order valence-electron chi connectivity index (χ1n) is 10.8. The zero-order chi connectivity index (χ0) is 25.4. The van der Waals surface area contributed by atoms with E-state index in [9.17, 15) is 27.6 Å². The molecule has 1 heterocycles. The number of anilines is 1. The van der Waals surface area contributed by atoms with Crippen molar-refractivity contribution in [2.45, 2.75) is 25.6 Å². The summed E-state index contributed by atoms with van der Waals surface area (Å²) in [6.45, 7) is 3.19. The van der Waals surface area contributed by atoms with Crippen LogP contribution in [0.1, 0.15) is 27.8 Å². The second-order valence-corrected chi connectivity index (χ2v) is 8.43. The number of imide groups is 1. The van der Waals surface area contributed by atoms with Gasteiger partial charge in [0, 0.05) is 5.69 Å². The molecule has 0 atom stereocenters. The number of nitrogens with one attached hydrogen (secondary N) is 2. The van der Waals surface area contributed by atoms with Crippen LogP contribution in [0.15, 0.2) is 72.8 Å². The number of carbonyl (C=O) groups is 3. The average molecular weight is 481 g/mol. The van der Waals surface area contributed by atoms with E-state index in [-0.39, 0.29) is 5.69 Å². The molecule has 1 aliphatic rings. The Morgan fingerprint density at radius 3 is 1.80 bits per heavy atom. The number of halogens is 3. The predicted octanol–water partition coefficient (Wildman–Crippen LogP) is 4.76. The molecule has 0 aliphatic carbocycles. The van der Waals surface area contributed by atoms with Crippen LogP contribution in [0.3, 0.4) is 0 Å². The van der Waals surface area contributed by atoms with Crippen molar-refractivity contribution in [2.24, 2.45) is 0 Å². The first kappa shape index (κ1) is 24.0. The third-order valence-corrected chi connectivity index (χ3v) is 5.87. The van der Waals surface area contributed by atoms with Gasteiger partial charge >= 0.3 is 12.2 Å². The molecule has 4 rings (SSSR count). The molecule has 0 unspecified atom stereocenters. The lowest BCUT2D eigenvalue weighted by molar-refractivity contribution is -0.137. The van der Waals surface area contributed by atoms with Gasteiger partial charge in [0.1, 0.15) is 6.54 Å². The zero-order valence-corrected chi connectivity index (χ0v) is 18.9. The summed E-state index contributed by atoms with van der Waals surface area (Å²) in [5, 5.41) is 5.19. The Bertz CT molecular complexity index is 1220. The number of aryl methyl sites for hydroxylation is 2. The Labute approximate surface area is 199 Å². The van der Waals surface area contributed by atoms with Crippen molar-refractivity contribution in [2.75, 3.05) is 11.9 Å². The normalized spacial score (nSPS) is 15.2. The molecule has 1 aliphatic heterocycles. The Hall–Kier alpha value is -4.14. The Morgan fingerprint density at radius 1 is 0.857 bits per heavy atom. The Kier molecular flexibility index (Phi) is 6.10. The van der Waals surface area contributed by atoms with E-state index >= 15 is 0 Å². The summed E-state index contributed by atoms with van der Waals surface area (Å²) >= 11 is 0. The minimum absolute atomic E-state index is 0.110. The summed E-state index contributed by atoms with van der Waals surface area (Å²) < 4.78 is 38.3. The van der Waals surface area contributed by atoms with Gasteiger partial charge in [-0.2, -0.15) is 13.2 Å². The van der Waals surface area contributed by atoms with E-state index in [0.29, 0.717) is 11.1 Å². The predicted molar refractivity (Wildman–Crippen MR) is 123 cm³/mol. The highest BCUT2D eigenvalue weighted by atomic mass is 19.4. The van der Waals surface area contributed by atoms with Crippen LogP contribution >= 0.6 is 0 Å². The van der Waals surface area contributed by atoms with Gasteiger partial charge in [-0.3, -0.25) is 14.5 Å². The van der Waals surface area contributed by atoms with E-state index in [2.05, 4.69) is 10.6 Å². The highest BCUT2D eigenvalue weighted by molar-refractivity contribution is 6.12. The minimum atomic E-state index is -4.50. The van der Waals surface area contributed by atoms with Crippen LogP contribution in [0.4, 0.5) is 23.7 Å². The van der Waals surface area contributed by atoms with Crippen LogP contribution in [-0.2, 0) is 21.3 Å². The number of rotatable bonds is 5. The van der Waals surface area contributed by atoms with Crippen molar-refractivity contribution in [3.8, 4) is 0 Å². The fourth-order valence-corrected chi connectivity index (χ4v) is 3.97. The van der Waals surface area contributed by atoms with Gasteiger partial charge in [0.15, 0.2) is 5.54 Å². The maximum absolute atomic E-state index is 13.7. The monoisotopic (exact) mass is 481 g/mol. The number of hydrogen-bond donors (Lipinski definition) is 2. The lowest BCUT2D eigenvalue weighted by atomic mass is 9.82. The SMILES string of the molecule is Cc1ccc(C2(c3ccc(C)cc3)NC(=O)N(CC(=O)Nc3ccc(C(F)(F)F)cc3)C2=O)cc1. The van der Waals surface area contributed by atoms with Gasteiger partial charge in [-0.15, -0.1) is 0 Å². The lowest BCUT2D eigenvalue weighted by Crippen LogP contribution is -2.45. The first-order chi connectivity index (χ1) is 16.5. The molecule has 0 aromatic heterocycles. The van der Waals surface area contributed by atoms with Crippen LogP contribution in [0.25, 0.3) is 0 Å². The number of benzene rings is 3. The molecule has 0 saturated carbocycles. The molecular weight excluding hydrogens is 459 g/mol. The van der Waals surface area contributed by atoms with Gasteiger partial charge in [-0.25, -0.2) is 4.79 Å². The first-order valence-corrected chi connectivity index (χ1v) is 10.8. The number of alkyl halides is 3. The molecule has 35 heavy (non-hydrogen) atoms. The van der Waals surface area contributed by atoms with Gasteiger partial charge in [0.2, 0.25) is 5.91 Å². The molecule has 6 nitrogen and oxygen atoms in total. The van der Waals surface area contributed by atoms with Crippen molar-refractivity contribution in [1.82, 2.24) is 10.2 Å². The van der Waals surface area contributed by atoms with Crippen LogP contribution in [-0.4, -0.2) is 29.3 Å². The molecule has 3 aromatic rings. The molecule has 1 saturated heterocycles. The minimum Gasteiger partial charge on any atom is -0.325 e. The fourth-order valence-electron chi connectivity index (χ4n) is 3.97. The van der Waals surface area contributed by atoms with E-state index in [0.717, 1.165) is 40.3 Å². The summed E-state index contributed by atoms with van der Waals surface area (Å²) in [5.41, 5.74) is 0.748. The molecule has 0 radical (unpaired) electrons. The van der Waals surface area contributed by atoms with Crippen LogP contribution in [0.5, 0.6) is 0 Å². The van der Waals surface area contributed by atoms with E-state index < -0.39 is 41.7 Å². The molecule has 0 spiro atoms. The molecule has 3 aromatic carbocycles. The Morgan fingerprint density at radius 2 is 1.34 bits per heavy atom. The third kappa shape index (κ3) is 4.62. The molecule has 9 heteroatoms. The van der Waals surface area contributed by atoms with Gasteiger partial charge in [0.25, 0.3) is 5.91 Å². The molecule has 2 N–H and O–H groups in total. The molecule has 4 amide bonds. The summed E-state index contributed by atoms with van der Waals surface area (Å²) in [6.07, 6.45) is -4.50. The summed E-state index contributed by atoms with van der Waals surface area (Å²) in [7, 11) is 0. The van der Waals surface area contributed by atoms with Crippen molar-refractivity contribution in [1.29, 1.82) is 0 Å². The van der Waals surface area contributed by atoms with E-state index in [1.165, 1.54) is 0 Å². The lowest BCUT2D eigenvalue weighted by Gasteiger charge is -2.28. The van der Waals surface area contributed by atoms with Crippen molar-refractivity contribution in [3.63, 3.8) is 0 Å². The van der Waals surface area contributed by atoms with Gasteiger partial charge in [0.05, 0.1) is 5.56 Å². The summed E-state index contributed by atoms with van der Waals surface area (Å²) in [4.78, 5) is 40.0. The topological polar surface area (TPSA) is 78.5 Å². The molecule has 0 bridgehead atoms. The van der Waals surface area contributed by atoms with Crippen LogP contribution in [0, 0.1) is 13.8 Å². The maximum Gasteiger partial charge on any atom is 0.416 e. The number of hydrogen-bond acceptors (Lipinski definition) is 3. The molecule has 180 valence electrons. The van der Waals surface area contributed by atoms with E-state index in [1.807, 2.05) is 38.1 Å². The van der Waals surface area contributed by atoms with Crippen molar-refractivity contribution in [3.05, 3.63) is 101 Å². The van der Waals surface area contributed by atoms with E-state index in [1.54, 1.807) is 24.3 Å². The van der Waals surface area contributed by atoms with E-state index in [4.69, 9.17) is 0 Å². The summed E-state index contributed by atoms with van der Waals surface area (Å²) in [6, 6.07) is 17.4. The number of urea groups is 1. The number of amides is 4. The van der Waals surface area contributed by atoms with Gasteiger partial charge in [-0.05, 0) is 49.2 Å².